The van der Waals surface area contributed by atoms with E-state index in [-0.39, 0.29) is 17.4 Å². The molecule has 5 nitrogen and oxygen atoms in total. The Labute approximate surface area is 128 Å². The van der Waals surface area contributed by atoms with Gasteiger partial charge in [-0.05, 0) is 30.2 Å². The van der Waals surface area contributed by atoms with Crippen LogP contribution in [0.4, 0.5) is 5.82 Å². The van der Waals surface area contributed by atoms with Crippen LogP contribution in [0.25, 0.3) is 11.0 Å². The second-order valence-electron chi connectivity index (χ2n) is 5.12. The van der Waals surface area contributed by atoms with Crippen molar-refractivity contribution in [3.05, 3.63) is 65.4 Å². The summed E-state index contributed by atoms with van der Waals surface area (Å²) in [6, 6.07) is 15.3. The minimum absolute atomic E-state index is 0.142. The van der Waals surface area contributed by atoms with Crippen LogP contribution in [0, 0.1) is 6.92 Å². The first-order valence-electron chi connectivity index (χ1n) is 6.99. The molecule has 0 spiro atoms. The molecule has 0 unspecified atom stereocenters. The quantitative estimate of drug-likeness (QED) is 0.777. The number of anilines is 1. The average molecular weight is 292 g/mol. The normalized spacial score (nSPS) is 10.6. The van der Waals surface area contributed by atoms with Gasteiger partial charge in [-0.15, -0.1) is 0 Å². The highest BCUT2D eigenvalue weighted by Gasteiger charge is 2.14. The first-order chi connectivity index (χ1) is 10.6. The third-order valence-electron chi connectivity index (χ3n) is 3.36. The van der Waals surface area contributed by atoms with Crippen molar-refractivity contribution in [3.63, 3.8) is 0 Å². The molecule has 0 aliphatic rings. The van der Waals surface area contributed by atoms with Crippen molar-refractivity contribution in [1.29, 1.82) is 0 Å². The lowest BCUT2D eigenvalue weighted by atomic mass is 10.2. The minimum atomic E-state index is -0.323. The third kappa shape index (κ3) is 2.88. The first kappa shape index (κ1) is 14.0. The predicted octanol–water partition coefficient (Wildman–Crippen LogP) is 2.45. The topological polar surface area (TPSA) is 80.9 Å². The van der Waals surface area contributed by atoms with Gasteiger partial charge in [0.2, 0.25) is 0 Å². The zero-order valence-electron chi connectivity index (χ0n) is 12.2. The zero-order valence-corrected chi connectivity index (χ0v) is 12.2. The molecule has 1 aromatic heterocycles. The Bertz CT molecular complexity index is 831. The van der Waals surface area contributed by atoms with E-state index in [2.05, 4.69) is 15.3 Å². The Morgan fingerprint density at radius 3 is 2.64 bits per heavy atom. The summed E-state index contributed by atoms with van der Waals surface area (Å²) in [7, 11) is 0. The van der Waals surface area contributed by atoms with E-state index in [0.717, 1.165) is 11.1 Å². The van der Waals surface area contributed by atoms with Gasteiger partial charge in [0, 0.05) is 6.54 Å². The van der Waals surface area contributed by atoms with Crippen molar-refractivity contribution in [2.45, 2.75) is 13.5 Å². The SMILES string of the molecule is Cc1ccc2nc(C(=O)NCc3ccccc3)c(N)nc2c1. The van der Waals surface area contributed by atoms with E-state index in [1.54, 1.807) is 0 Å². The van der Waals surface area contributed by atoms with E-state index in [1.165, 1.54) is 0 Å². The fourth-order valence-electron chi connectivity index (χ4n) is 2.21. The standard InChI is InChI=1S/C17H16N4O/c1-11-7-8-13-14(9-11)21-16(18)15(20-13)17(22)19-10-12-5-3-2-4-6-12/h2-9H,10H2,1H3,(H2,18,21)(H,19,22). The summed E-state index contributed by atoms with van der Waals surface area (Å²) in [6.45, 7) is 2.39. The Kier molecular flexibility index (Phi) is 3.70. The van der Waals surface area contributed by atoms with Gasteiger partial charge in [-0.25, -0.2) is 9.97 Å². The largest absolute Gasteiger partial charge is 0.382 e. The number of nitrogen functional groups attached to an aromatic ring is 1. The molecule has 110 valence electrons. The summed E-state index contributed by atoms with van der Waals surface area (Å²) < 4.78 is 0. The number of hydrogen-bond acceptors (Lipinski definition) is 4. The van der Waals surface area contributed by atoms with E-state index < -0.39 is 0 Å². The smallest absolute Gasteiger partial charge is 0.274 e. The second kappa shape index (κ2) is 5.81. The van der Waals surface area contributed by atoms with Crippen molar-refractivity contribution in [3.8, 4) is 0 Å². The number of fused-ring (bicyclic) bond motifs is 1. The molecule has 3 rings (SSSR count). The Balaban J connectivity index is 1.84. The Morgan fingerprint density at radius 2 is 1.86 bits per heavy atom. The molecule has 0 radical (unpaired) electrons. The number of amides is 1. The van der Waals surface area contributed by atoms with Gasteiger partial charge < -0.3 is 11.1 Å². The molecule has 1 amide bonds. The van der Waals surface area contributed by atoms with Gasteiger partial charge in [0.1, 0.15) is 0 Å². The van der Waals surface area contributed by atoms with Crippen LogP contribution in [-0.2, 0) is 6.54 Å². The first-order valence-corrected chi connectivity index (χ1v) is 6.99. The number of hydrogen-bond donors (Lipinski definition) is 2. The van der Waals surface area contributed by atoms with Gasteiger partial charge in [-0.1, -0.05) is 36.4 Å². The van der Waals surface area contributed by atoms with Crippen LogP contribution >= 0.6 is 0 Å². The van der Waals surface area contributed by atoms with Crippen molar-refractivity contribution in [2.75, 3.05) is 5.73 Å². The van der Waals surface area contributed by atoms with E-state index >= 15 is 0 Å². The van der Waals surface area contributed by atoms with Gasteiger partial charge in [-0.3, -0.25) is 4.79 Å². The van der Waals surface area contributed by atoms with Crippen molar-refractivity contribution < 1.29 is 4.79 Å². The number of nitrogens with one attached hydrogen (secondary N) is 1. The van der Waals surface area contributed by atoms with Gasteiger partial charge in [0.25, 0.3) is 5.91 Å². The van der Waals surface area contributed by atoms with Crippen LogP contribution in [0.5, 0.6) is 0 Å². The van der Waals surface area contributed by atoms with E-state index in [1.807, 2.05) is 55.5 Å². The summed E-state index contributed by atoms with van der Waals surface area (Å²) >= 11 is 0. The highest BCUT2D eigenvalue weighted by atomic mass is 16.1. The van der Waals surface area contributed by atoms with Gasteiger partial charge in [-0.2, -0.15) is 0 Å². The monoisotopic (exact) mass is 292 g/mol. The lowest BCUT2D eigenvalue weighted by molar-refractivity contribution is 0.0947. The summed E-state index contributed by atoms with van der Waals surface area (Å²) in [5, 5.41) is 2.81. The van der Waals surface area contributed by atoms with Crippen LogP contribution in [0.3, 0.4) is 0 Å². The predicted molar refractivity (Wildman–Crippen MR) is 86.3 cm³/mol. The number of carbonyl (C=O) groups is 1. The molecule has 0 aliphatic carbocycles. The molecule has 2 aromatic carbocycles. The molecule has 1 heterocycles. The highest BCUT2D eigenvalue weighted by molar-refractivity contribution is 5.98. The van der Waals surface area contributed by atoms with Crippen LogP contribution in [0.15, 0.2) is 48.5 Å². The number of benzene rings is 2. The molecule has 0 atom stereocenters. The molecule has 0 saturated heterocycles. The van der Waals surface area contributed by atoms with Crippen molar-refractivity contribution in [2.24, 2.45) is 0 Å². The Hall–Kier alpha value is -2.95. The van der Waals surface area contributed by atoms with Gasteiger partial charge in [0.05, 0.1) is 11.0 Å². The van der Waals surface area contributed by atoms with E-state index in [9.17, 15) is 4.79 Å². The van der Waals surface area contributed by atoms with E-state index in [0.29, 0.717) is 17.6 Å². The highest BCUT2D eigenvalue weighted by Crippen LogP contribution is 2.16. The molecule has 5 heteroatoms. The van der Waals surface area contributed by atoms with Gasteiger partial charge >= 0.3 is 0 Å². The number of aromatic nitrogens is 2. The third-order valence-corrected chi connectivity index (χ3v) is 3.36. The molecule has 0 bridgehead atoms. The molecule has 0 aliphatic heterocycles. The molecule has 0 saturated carbocycles. The minimum Gasteiger partial charge on any atom is -0.382 e. The maximum Gasteiger partial charge on any atom is 0.274 e. The molecule has 0 fully saturated rings. The molecule has 22 heavy (non-hydrogen) atoms. The fourth-order valence-corrected chi connectivity index (χ4v) is 2.21. The lowest BCUT2D eigenvalue weighted by Gasteiger charge is -2.08. The lowest BCUT2D eigenvalue weighted by Crippen LogP contribution is -2.25. The van der Waals surface area contributed by atoms with Crippen LogP contribution in [0.2, 0.25) is 0 Å². The van der Waals surface area contributed by atoms with Crippen LogP contribution in [-0.4, -0.2) is 15.9 Å². The Morgan fingerprint density at radius 1 is 1.09 bits per heavy atom. The van der Waals surface area contributed by atoms with Crippen molar-refractivity contribution >= 4 is 22.8 Å². The van der Waals surface area contributed by atoms with Crippen LogP contribution < -0.4 is 11.1 Å². The fraction of sp³-hybridized carbons (Fsp3) is 0.118. The number of carbonyl (C=O) groups excluding carboxylic acids is 1. The summed E-state index contributed by atoms with van der Waals surface area (Å²) in [6.07, 6.45) is 0. The maximum atomic E-state index is 12.3. The van der Waals surface area contributed by atoms with Crippen molar-refractivity contribution in [1.82, 2.24) is 15.3 Å². The molecular formula is C17H16N4O. The molecular weight excluding hydrogens is 276 g/mol. The number of rotatable bonds is 3. The molecule has 3 N–H and O–H groups in total. The number of nitrogens with two attached hydrogens (primary N) is 1. The second-order valence-corrected chi connectivity index (χ2v) is 5.12. The van der Waals surface area contributed by atoms with Gasteiger partial charge in [0.15, 0.2) is 11.5 Å². The number of aryl methyl sites for hydroxylation is 1. The summed E-state index contributed by atoms with van der Waals surface area (Å²) in [5.41, 5.74) is 9.47. The average Bonchev–Trinajstić information content (AvgIpc) is 2.53. The zero-order chi connectivity index (χ0) is 15.5. The maximum absolute atomic E-state index is 12.3. The van der Waals surface area contributed by atoms with E-state index in [4.69, 9.17) is 5.73 Å². The summed E-state index contributed by atoms with van der Waals surface area (Å²) in [5.74, 6) is -0.181. The molecule has 3 aromatic rings. The van der Waals surface area contributed by atoms with Crippen LogP contribution in [0.1, 0.15) is 21.6 Å². The number of nitrogens with zero attached hydrogens (tertiary/aromatic N) is 2. The summed E-state index contributed by atoms with van der Waals surface area (Å²) in [4.78, 5) is 20.9.